The Balaban J connectivity index is 1.67. The zero-order chi connectivity index (χ0) is 22.7. The van der Waals surface area contributed by atoms with Crippen LogP contribution < -0.4 is 10.7 Å². The standard InChI is InChI=1S/C24H17BrClN3O3/c25-17-3-6-21-19(11-17)24(32)20(23(31)16-7-9-27-10-8-16)13-29(21)14-22(30)28-12-15-1-4-18(26)5-2-15/h1-11,13H,12,14H2,(H,28,30). The molecule has 0 atom stereocenters. The highest BCUT2D eigenvalue weighted by atomic mass is 79.9. The van der Waals surface area contributed by atoms with Crippen LogP contribution >= 0.6 is 27.5 Å². The number of ketones is 1. The van der Waals surface area contributed by atoms with Gasteiger partial charge in [-0.2, -0.15) is 0 Å². The monoisotopic (exact) mass is 509 g/mol. The Hall–Kier alpha value is -3.29. The van der Waals surface area contributed by atoms with Gasteiger partial charge in [0, 0.05) is 45.6 Å². The van der Waals surface area contributed by atoms with Crippen molar-refractivity contribution in [2.24, 2.45) is 0 Å². The molecule has 0 aliphatic heterocycles. The number of nitrogens with zero attached hydrogens (tertiary/aromatic N) is 2. The van der Waals surface area contributed by atoms with E-state index in [9.17, 15) is 14.4 Å². The van der Waals surface area contributed by atoms with E-state index in [4.69, 9.17) is 11.6 Å². The molecule has 6 nitrogen and oxygen atoms in total. The lowest BCUT2D eigenvalue weighted by atomic mass is 10.0. The number of halogens is 2. The quantitative estimate of drug-likeness (QED) is 0.391. The molecule has 2 heterocycles. The number of carbonyl (C=O) groups excluding carboxylic acids is 2. The summed E-state index contributed by atoms with van der Waals surface area (Å²) in [6.45, 7) is 0.283. The number of rotatable bonds is 6. The van der Waals surface area contributed by atoms with Crippen LogP contribution in [-0.4, -0.2) is 21.2 Å². The number of hydrogen-bond donors (Lipinski definition) is 1. The molecular formula is C24H17BrClN3O3. The van der Waals surface area contributed by atoms with E-state index in [0.717, 1.165) is 5.56 Å². The van der Waals surface area contributed by atoms with Crippen LogP contribution in [0.4, 0.5) is 0 Å². The zero-order valence-corrected chi connectivity index (χ0v) is 19.1. The maximum Gasteiger partial charge on any atom is 0.240 e. The van der Waals surface area contributed by atoms with Crippen molar-refractivity contribution < 1.29 is 9.59 Å². The molecule has 4 aromatic rings. The minimum absolute atomic E-state index is 0.00713. The van der Waals surface area contributed by atoms with Gasteiger partial charge < -0.3 is 9.88 Å². The van der Waals surface area contributed by atoms with E-state index in [1.54, 1.807) is 47.0 Å². The van der Waals surface area contributed by atoms with Gasteiger partial charge in [0.2, 0.25) is 11.3 Å². The van der Waals surface area contributed by atoms with Crippen LogP contribution in [0.3, 0.4) is 0 Å². The van der Waals surface area contributed by atoms with E-state index in [1.807, 2.05) is 12.1 Å². The van der Waals surface area contributed by atoms with Gasteiger partial charge in [0.15, 0.2) is 5.78 Å². The first-order valence-corrected chi connectivity index (χ1v) is 10.9. The van der Waals surface area contributed by atoms with Crippen LogP contribution in [0.15, 0.2) is 82.5 Å². The summed E-state index contributed by atoms with van der Waals surface area (Å²) in [6.07, 6.45) is 4.43. The summed E-state index contributed by atoms with van der Waals surface area (Å²) in [5.74, 6) is -0.676. The summed E-state index contributed by atoms with van der Waals surface area (Å²) in [4.78, 5) is 42.7. The van der Waals surface area contributed by atoms with Crippen molar-refractivity contribution >= 4 is 50.1 Å². The van der Waals surface area contributed by atoms with E-state index in [-0.39, 0.29) is 23.4 Å². The maximum atomic E-state index is 13.1. The third-order valence-corrected chi connectivity index (χ3v) is 5.69. The normalized spacial score (nSPS) is 10.8. The molecule has 2 aromatic carbocycles. The van der Waals surface area contributed by atoms with Gasteiger partial charge in [-0.1, -0.05) is 39.7 Å². The molecule has 0 unspecified atom stereocenters. The highest BCUT2D eigenvalue weighted by Gasteiger charge is 2.18. The minimum atomic E-state index is -0.422. The predicted molar refractivity (Wildman–Crippen MR) is 127 cm³/mol. The Bertz CT molecular complexity index is 1370. The smallest absolute Gasteiger partial charge is 0.240 e. The Morgan fingerprint density at radius 3 is 2.47 bits per heavy atom. The molecule has 0 aliphatic rings. The fourth-order valence-corrected chi connectivity index (χ4v) is 3.82. The number of carbonyl (C=O) groups is 2. The third-order valence-electron chi connectivity index (χ3n) is 4.95. The Labute approximate surface area is 197 Å². The number of benzene rings is 2. The fraction of sp³-hybridized carbons (Fsp3) is 0.0833. The molecule has 0 bridgehead atoms. The van der Waals surface area contributed by atoms with Crippen molar-refractivity contribution in [1.29, 1.82) is 0 Å². The molecule has 160 valence electrons. The lowest BCUT2D eigenvalue weighted by Crippen LogP contribution is -2.29. The Kier molecular flexibility index (Phi) is 6.48. The van der Waals surface area contributed by atoms with Crippen LogP contribution in [-0.2, 0) is 17.9 Å². The summed E-state index contributed by atoms with van der Waals surface area (Å²) >= 11 is 9.27. The number of fused-ring (bicyclic) bond motifs is 1. The van der Waals surface area contributed by atoms with E-state index in [2.05, 4.69) is 26.2 Å². The van der Waals surface area contributed by atoms with E-state index in [0.29, 0.717) is 32.5 Å². The number of nitrogens with one attached hydrogen (secondary N) is 1. The van der Waals surface area contributed by atoms with Crippen molar-refractivity contribution in [3.8, 4) is 0 Å². The molecule has 4 rings (SSSR count). The van der Waals surface area contributed by atoms with Gasteiger partial charge in [-0.15, -0.1) is 0 Å². The number of pyridine rings is 2. The molecule has 0 spiro atoms. The lowest BCUT2D eigenvalue weighted by Gasteiger charge is -2.14. The van der Waals surface area contributed by atoms with Gasteiger partial charge in [-0.25, -0.2) is 0 Å². The first-order valence-electron chi connectivity index (χ1n) is 9.71. The van der Waals surface area contributed by atoms with Crippen molar-refractivity contribution in [3.05, 3.63) is 110 Å². The van der Waals surface area contributed by atoms with Crippen LogP contribution in [0.1, 0.15) is 21.5 Å². The molecule has 0 saturated heterocycles. The molecule has 0 saturated carbocycles. The maximum absolute atomic E-state index is 13.1. The van der Waals surface area contributed by atoms with Gasteiger partial charge in [-0.05, 0) is 48.0 Å². The number of aromatic nitrogens is 2. The molecule has 2 aromatic heterocycles. The fourth-order valence-electron chi connectivity index (χ4n) is 3.33. The molecule has 0 fully saturated rings. The van der Waals surface area contributed by atoms with Gasteiger partial charge >= 0.3 is 0 Å². The van der Waals surface area contributed by atoms with Crippen LogP contribution in [0.2, 0.25) is 5.02 Å². The van der Waals surface area contributed by atoms with Gasteiger partial charge in [-0.3, -0.25) is 19.4 Å². The first-order chi connectivity index (χ1) is 15.4. The Morgan fingerprint density at radius 1 is 1.03 bits per heavy atom. The summed E-state index contributed by atoms with van der Waals surface area (Å²) in [7, 11) is 0. The highest BCUT2D eigenvalue weighted by molar-refractivity contribution is 9.10. The topological polar surface area (TPSA) is 81.1 Å². The molecular weight excluding hydrogens is 494 g/mol. The largest absolute Gasteiger partial charge is 0.350 e. The molecule has 0 radical (unpaired) electrons. The number of hydrogen-bond acceptors (Lipinski definition) is 4. The molecule has 8 heteroatoms. The molecule has 1 N–H and O–H groups in total. The second-order valence-corrected chi connectivity index (χ2v) is 8.48. The summed E-state index contributed by atoms with van der Waals surface area (Å²) in [5, 5.41) is 3.83. The van der Waals surface area contributed by atoms with Crippen molar-refractivity contribution in [2.45, 2.75) is 13.1 Å². The minimum Gasteiger partial charge on any atom is -0.350 e. The first kappa shape index (κ1) is 21.9. The summed E-state index contributed by atoms with van der Waals surface area (Å²) in [5.41, 5.74) is 1.43. The van der Waals surface area contributed by atoms with Gasteiger partial charge in [0.05, 0.1) is 11.1 Å². The van der Waals surface area contributed by atoms with Gasteiger partial charge in [0.25, 0.3) is 0 Å². The van der Waals surface area contributed by atoms with E-state index in [1.165, 1.54) is 18.6 Å². The molecule has 0 aliphatic carbocycles. The van der Waals surface area contributed by atoms with Gasteiger partial charge in [0.1, 0.15) is 6.54 Å². The van der Waals surface area contributed by atoms with Crippen molar-refractivity contribution in [1.82, 2.24) is 14.9 Å². The summed E-state index contributed by atoms with van der Waals surface area (Å²) in [6, 6.07) is 15.5. The van der Waals surface area contributed by atoms with E-state index < -0.39 is 5.78 Å². The second-order valence-electron chi connectivity index (χ2n) is 7.13. The molecule has 1 amide bonds. The average Bonchev–Trinajstić information content (AvgIpc) is 2.80. The van der Waals surface area contributed by atoms with Crippen LogP contribution in [0, 0.1) is 0 Å². The lowest BCUT2D eigenvalue weighted by molar-refractivity contribution is -0.121. The van der Waals surface area contributed by atoms with Crippen LogP contribution in [0.25, 0.3) is 10.9 Å². The SMILES string of the molecule is O=C(Cn1cc(C(=O)c2ccncc2)c(=O)c2cc(Br)ccc21)NCc1ccc(Cl)cc1. The van der Waals surface area contributed by atoms with E-state index >= 15 is 0 Å². The number of amides is 1. The summed E-state index contributed by atoms with van der Waals surface area (Å²) < 4.78 is 2.32. The Morgan fingerprint density at radius 2 is 1.75 bits per heavy atom. The zero-order valence-electron chi connectivity index (χ0n) is 16.7. The third kappa shape index (κ3) is 4.79. The average molecular weight is 511 g/mol. The highest BCUT2D eigenvalue weighted by Crippen LogP contribution is 2.19. The molecule has 32 heavy (non-hydrogen) atoms. The van der Waals surface area contributed by atoms with Crippen LogP contribution in [0.5, 0.6) is 0 Å². The predicted octanol–water partition coefficient (Wildman–Crippen LogP) is 4.36. The second kappa shape index (κ2) is 9.46. The van der Waals surface area contributed by atoms with Crippen molar-refractivity contribution in [2.75, 3.05) is 0 Å². The van der Waals surface area contributed by atoms with Crippen molar-refractivity contribution in [3.63, 3.8) is 0 Å².